The van der Waals surface area contributed by atoms with Gasteiger partial charge in [0.15, 0.2) is 11.6 Å². The molecule has 0 radical (unpaired) electrons. The summed E-state index contributed by atoms with van der Waals surface area (Å²) in [5, 5.41) is 8.59. The van der Waals surface area contributed by atoms with Crippen molar-refractivity contribution in [3.05, 3.63) is 35.4 Å². The van der Waals surface area contributed by atoms with Gasteiger partial charge in [0.1, 0.15) is 0 Å². The van der Waals surface area contributed by atoms with Crippen molar-refractivity contribution in [2.24, 2.45) is 5.92 Å². The molecule has 0 aliphatic rings. The van der Waals surface area contributed by atoms with E-state index in [0.29, 0.717) is 0 Å². The van der Waals surface area contributed by atoms with E-state index in [9.17, 15) is 13.6 Å². The molecule has 1 N–H and O–H groups in total. The summed E-state index contributed by atoms with van der Waals surface area (Å²) in [6, 6.07) is 3.75. The largest absolute Gasteiger partial charge is 0.481 e. The van der Waals surface area contributed by atoms with Crippen LogP contribution in [0.1, 0.15) is 12.5 Å². The van der Waals surface area contributed by atoms with E-state index in [4.69, 9.17) is 5.11 Å². The van der Waals surface area contributed by atoms with Crippen LogP contribution in [0.4, 0.5) is 8.78 Å². The zero-order valence-corrected chi connectivity index (χ0v) is 7.63. The van der Waals surface area contributed by atoms with E-state index in [-0.39, 0.29) is 12.0 Å². The maximum absolute atomic E-state index is 13.1. The van der Waals surface area contributed by atoms with E-state index >= 15 is 0 Å². The second kappa shape index (κ2) is 4.17. The van der Waals surface area contributed by atoms with E-state index in [0.717, 1.165) is 6.07 Å². The summed E-state index contributed by atoms with van der Waals surface area (Å²) in [4.78, 5) is 10.5. The molecule has 0 unspecified atom stereocenters. The number of halogens is 2. The highest BCUT2D eigenvalue weighted by Gasteiger charge is 2.15. The molecule has 2 nitrogen and oxygen atoms in total. The molecule has 1 atom stereocenters. The van der Waals surface area contributed by atoms with Crippen LogP contribution in [-0.4, -0.2) is 11.1 Å². The van der Waals surface area contributed by atoms with Gasteiger partial charge in [0, 0.05) is 0 Å². The molecule has 1 rings (SSSR count). The van der Waals surface area contributed by atoms with Crippen LogP contribution in [0.25, 0.3) is 0 Å². The molecule has 0 spiro atoms. The van der Waals surface area contributed by atoms with Crippen LogP contribution in [0.5, 0.6) is 0 Å². The normalized spacial score (nSPS) is 12.5. The predicted octanol–water partition coefficient (Wildman–Crippen LogP) is 2.23. The molecule has 0 heterocycles. The number of aliphatic carboxylic acids is 1. The molecule has 76 valence electrons. The van der Waals surface area contributed by atoms with Gasteiger partial charge in [0.2, 0.25) is 0 Å². The number of benzene rings is 1. The summed E-state index contributed by atoms with van der Waals surface area (Å²) in [5.41, 5.74) is 0.0971. The van der Waals surface area contributed by atoms with Crippen LogP contribution >= 0.6 is 0 Å². The Balaban J connectivity index is 2.87. The minimum Gasteiger partial charge on any atom is -0.481 e. The fraction of sp³-hybridized carbons (Fsp3) is 0.300. The summed E-state index contributed by atoms with van der Waals surface area (Å²) in [6.45, 7) is 1.45. The van der Waals surface area contributed by atoms with Gasteiger partial charge in [-0.1, -0.05) is 19.1 Å². The topological polar surface area (TPSA) is 37.3 Å². The van der Waals surface area contributed by atoms with Gasteiger partial charge < -0.3 is 5.11 Å². The minimum absolute atomic E-state index is 0.00106. The molecule has 4 heteroatoms. The van der Waals surface area contributed by atoms with Gasteiger partial charge in [-0.05, 0) is 18.1 Å². The highest BCUT2D eigenvalue weighted by Crippen LogP contribution is 2.15. The molecule has 0 fully saturated rings. The molecular formula is C10H10F2O2. The molecule has 1 aromatic rings. The Kier molecular flexibility index (Phi) is 3.17. The first kappa shape index (κ1) is 10.6. The van der Waals surface area contributed by atoms with Gasteiger partial charge in [0.25, 0.3) is 0 Å². The molecule has 0 aliphatic carbocycles. The van der Waals surface area contributed by atoms with Gasteiger partial charge in [-0.3, -0.25) is 4.79 Å². The van der Waals surface area contributed by atoms with Crippen LogP contribution in [0.15, 0.2) is 18.2 Å². The molecule has 1 aromatic carbocycles. The summed E-state index contributed by atoms with van der Waals surface area (Å²) >= 11 is 0. The first-order valence-electron chi connectivity index (χ1n) is 4.18. The van der Waals surface area contributed by atoms with E-state index < -0.39 is 23.5 Å². The number of hydrogen-bond donors (Lipinski definition) is 1. The highest BCUT2D eigenvalue weighted by atomic mass is 19.2. The highest BCUT2D eigenvalue weighted by molar-refractivity contribution is 5.69. The number of carbonyl (C=O) groups is 1. The Hall–Kier alpha value is -1.45. The average Bonchev–Trinajstić information content (AvgIpc) is 2.12. The van der Waals surface area contributed by atoms with Crippen LogP contribution in [0.3, 0.4) is 0 Å². The van der Waals surface area contributed by atoms with Crippen molar-refractivity contribution in [3.8, 4) is 0 Å². The van der Waals surface area contributed by atoms with Gasteiger partial charge in [-0.25, -0.2) is 8.78 Å². The number of carboxylic acids is 1. The lowest BCUT2D eigenvalue weighted by Gasteiger charge is -2.07. The minimum atomic E-state index is -1.02. The lowest BCUT2D eigenvalue weighted by atomic mass is 10.0. The summed E-state index contributed by atoms with van der Waals surface area (Å²) in [6.07, 6.45) is -0.00106. The average molecular weight is 200 g/mol. The zero-order valence-electron chi connectivity index (χ0n) is 7.63. The second-order valence-corrected chi connectivity index (χ2v) is 3.16. The summed E-state index contributed by atoms with van der Waals surface area (Å²) in [5.74, 6) is -3.64. The van der Waals surface area contributed by atoms with Crippen LogP contribution in [-0.2, 0) is 11.2 Å². The van der Waals surface area contributed by atoms with Crippen molar-refractivity contribution < 1.29 is 18.7 Å². The standard InChI is InChI=1S/C10H10F2O2/c1-6(10(13)14)5-7-3-2-4-8(11)9(7)12/h2-4,6H,5H2,1H3,(H,13,14)/t6-/m1/s1. The zero-order chi connectivity index (χ0) is 10.7. The van der Waals surface area contributed by atoms with E-state index in [1.165, 1.54) is 19.1 Å². The van der Waals surface area contributed by atoms with E-state index in [1.807, 2.05) is 0 Å². The van der Waals surface area contributed by atoms with Crippen LogP contribution < -0.4 is 0 Å². The first-order chi connectivity index (χ1) is 6.52. The summed E-state index contributed by atoms with van der Waals surface area (Å²) in [7, 11) is 0. The van der Waals surface area contributed by atoms with E-state index in [2.05, 4.69) is 0 Å². The Bertz CT molecular complexity index is 350. The Morgan fingerprint density at radius 1 is 1.50 bits per heavy atom. The molecule has 0 amide bonds. The van der Waals surface area contributed by atoms with Crippen molar-refractivity contribution in [1.82, 2.24) is 0 Å². The van der Waals surface area contributed by atoms with Gasteiger partial charge in [0.05, 0.1) is 5.92 Å². The smallest absolute Gasteiger partial charge is 0.306 e. The van der Waals surface area contributed by atoms with E-state index in [1.54, 1.807) is 0 Å². The third-order valence-electron chi connectivity index (χ3n) is 1.98. The lowest BCUT2D eigenvalue weighted by molar-refractivity contribution is -0.141. The summed E-state index contributed by atoms with van der Waals surface area (Å²) < 4.78 is 25.8. The molecule has 14 heavy (non-hydrogen) atoms. The monoisotopic (exact) mass is 200 g/mol. The maximum Gasteiger partial charge on any atom is 0.306 e. The quantitative estimate of drug-likeness (QED) is 0.812. The molecule has 0 aliphatic heterocycles. The number of hydrogen-bond acceptors (Lipinski definition) is 1. The van der Waals surface area contributed by atoms with Crippen molar-refractivity contribution in [3.63, 3.8) is 0 Å². The van der Waals surface area contributed by atoms with Crippen LogP contribution in [0.2, 0.25) is 0 Å². The fourth-order valence-electron chi connectivity index (χ4n) is 1.12. The van der Waals surface area contributed by atoms with Crippen LogP contribution in [0, 0.1) is 17.6 Å². The lowest BCUT2D eigenvalue weighted by Crippen LogP contribution is -2.13. The fourth-order valence-corrected chi connectivity index (χ4v) is 1.12. The van der Waals surface area contributed by atoms with Gasteiger partial charge in [-0.2, -0.15) is 0 Å². The molecule has 0 aromatic heterocycles. The third-order valence-corrected chi connectivity index (χ3v) is 1.98. The second-order valence-electron chi connectivity index (χ2n) is 3.16. The predicted molar refractivity (Wildman–Crippen MR) is 46.9 cm³/mol. The van der Waals surface area contributed by atoms with Gasteiger partial charge >= 0.3 is 5.97 Å². The molecular weight excluding hydrogens is 190 g/mol. The first-order valence-corrected chi connectivity index (χ1v) is 4.18. The van der Waals surface area contributed by atoms with Crippen molar-refractivity contribution in [2.75, 3.05) is 0 Å². The van der Waals surface area contributed by atoms with Crippen molar-refractivity contribution in [2.45, 2.75) is 13.3 Å². The Morgan fingerprint density at radius 2 is 2.14 bits per heavy atom. The Morgan fingerprint density at radius 3 is 2.71 bits per heavy atom. The van der Waals surface area contributed by atoms with Crippen molar-refractivity contribution >= 4 is 5.97 Å². The molecule has 0 saturated heterocycles. The molecule has 0 bridgehead atoms. The third kappa shape index (κ3) is 2.28. The van der Waals surface area contributed by atoms with Crippen molar-refractivity contribution in [1.29, 1.82) is 0 Å². The maximum atomic E-state index is 13.1. The SMILES string of the molecule is C[C@H](Cc1cccc(F)c1F)C(=O)O. The number of carboxylic acid groups (broad SMARTS) is 1. The Labute approximate surface area is 80.2 Å². The number of rotatable bonds is 3. The molecule has 0 saturated carbocycles. The van der Waals surface area contributed by atoms with Gasteiger partial charge in [-0.15, -0.1) is 0 Å².